The fraction of sp³-hybridized carbons (Fsp3) is 0.500. The van der Waals surface area contributed by atoms with Gasteiger partial charge in [0, 0.05) is 11.3 Å². The molecule has 0 radical (unpaired) electrons. The molecule has 0 aromatic carbocycles. The summed E-state index contributed by atoms with van der Waals surface area (Å²) in [5.74, 6) is 0.0726. The fourth-order valence-corrected chi connectivity index (χ4v) is 2.20. The van der Waals surface area contributed by atoms with E-state index in [1.165, 1.54) is 17.2 Å². The number of hydrogen-bond donors (Lipinski definition) is 1. The zero-order chi connectivity index (χ0) is 14.1. The first-order chi connectivity index (χ1) is 9.74. The van der Waals surface area contributed by atoms with Crippen molar-refractivity contribution in [3.05, 3.63) is 23.1 Å². The molecule has 20 heavy (non-hydrogen) atoms. The summed E-state index contributed by atoms with van der Waals surface area (Å²) in [5, 5.41) is 12.4. The van der Waals surface area contributed by atoms with Crippen molar-refractivity contribution in [3.8, 4) is 0 Å². The summed E-state index contributed by atoms with van der Waals surface area (Å²) < 4.78 is 20.8. The number of aliphatic hydroxyl groups excluding tert-OH is 1. The Morgan fingerprint density at radius 3 is 3.10 bits per heavy atom. The second-order valence-corrected chi connectivity index (χ2v) is 4.29. The number of aromatic nitrogens is 4. The first-order valence-corrected chi connectivity index (χ1v) is 5.87. The largest absolute Gasteiger partial charge is 0.394 e. The van der Waals surface area contributed by atoms with E-state index in [1.807, 2.05) is 0 Å². The second-order valence-electron chi connectivity index (χ2n) is 4.29. The van der Waals surface area contributed by atoms with Crippen LogP contribution in [0.2, 0.25) is 0 Å². The van der Waals surface area contributed by atoms with E-state index >= 15 is 0 Å². The average Bonchev–Trinajstić information content (AvgIpc) is 3.03. The first kappa shape index (κ1) is 12.7. The van der Waals surface area contributed by atoms with Crippen LogP contribution in [0.1, 0.15) is 12.6 Å². The molecule has 104 valence electrons. The van der Waals surface area contributed by atoms with Gasteiger partial charge in [-0.25, -0.2) is 19.3 Å². The van der Waals surface area contributed by atoms with Gasteiger partial charge >= 0.3 is 0 Å². The molecule has 10 heteroatoms. The Bertz CT molecular complexity index is 683. The van der Waals surface area contributed by atoms with Gasteiger partial charge in [-0.15, -0.1) is 0 Å². The summed E-state index contributed by atoms with van der Waals surface area (Å²) in [4.78, 5) is 14.5. The third-order valence-electron chi connectivity index (χ3n) is 3.09. The highest BCUT2D eigenvalue weighted by Crippen LogP contribution is 2.33. The SMILES string of the molecule is [N-]=[N+]=Nc1ncnc2c1ncn2C1O[C@H](CO)C[C@@H]1F. The minimum Gasteiger partial charge on any atom is -0.394 e. The number of fused-ring (bicyclic) bond motifs is 1. The van der Waals surface area contributed by atoms with Crippen LogP contribution in [0, 0.1) is 0 Å². The third kappa shape index (κ3) is 1.95. The summed E-state index contributed by atoms with van der Waals surface area (Å²) >= 11 is 0. The molecule has 0 spiro atoms. The fourth-order valence-electron chi connectivity index (χ4n) is 2.20. The minimum absolute atomic E-state index is 0.0726. The normalized spacial score (nSPS) is 25.8. The van der Waals surface area contributed by atoms with Gasteiger partial charge in [-0.2, -0.15) is 0 Å². The molecule has 1 N–H and O–H groups in total. The van der Waals surface area contributed by atoms with Crippen LogP contribution < -0.4 is 0 Å². The van der Waals surface area contributed by atoms with Crippen LogP contribution in [0.4, 0.5) is 10.2 Å². The van der Waals surface area contributed by atoms with E-state index in [1.54, 1.807) is 0 Å². The van der Waals surface area contributed by atoms with Crippen LogP contribution in [-0.2, 0) is 4.74 Å². The summed E-state index contributed by atoms with van der Waals surface area (Å²) in [6.45, 7) is -0.248. The van der Waals surface area contributed by atoms with Gasteiger partial charge in [0.15, 0.2) is 17.7 Å². The molecule has 3 rings (SSSR count). The lowest BCUT2D eigenvalue weighted by atomic mass is 10.2. The van der Waals surface area contributed by atoms with Crippen molar-refractivity contribution in [2.75, 3.05) is 6.61 Å². The van der Waals surface area contributed by atoms with Crippen molar-refractivity contribution >= 4 is 17.0 Å². The molecule has 2 aromatic rings. The summed E-state index contributed by atoms with van der Waals surface area (Å²) in [5.41, 5.74) is 9.04. The number of nitrogens with zero attached hydrogens (tertiary/aromatic N) is 7. The van der Waals surface area contributed by atoms with Gasteiger partial charge in [-0.3, -0.25) is 4.57 Å². The van der Waals surface area contributed by atoms with Crippen LogP contribution in [0.3, 0.4) is 0 Å². The molecule has 9 nitrogen and oxygen atoms in total. The van der Waals surface area contributed by atoms with Crippen molar-refractivity contribution in [1.29, 1.82) is 0 Å². The molecular formula is C10H10FN7O2. The highest BCUT2D eigenvalue weighted by molar-refractivity contribution is 5.80. The smallest absolute Gasteiger partial charge is 0.168 e. The summed E-state index contributed by atoms with van der Waals surface area (Å²) in [7, 11) is 0. The van der Waals surface area contributed by atoms with Gasteiger partial charge in [-0.05, 0) is 10.6 Å². The topological polar surface area (TPSA) is 122 Å². The Hall–Kier alpha value is -2.29. The number of rotatable bonds is 3. The molecule has 3 atom stereocenters. The molecule has 1 aliphatic rings. The molecule has 3 heterocycles. The van der Waals surface area contributed by atoms with E-state index in [4.69, 9.17) is 15.4 Å². The van der Waals surface area contributed by atoms with Crippen LogP contribution in [-0.4, -0.2) is 43.5 Å². The molecule has 1 saturated heterocycles. The lowest BCUT2D eigenvalue weighted by Gasteiger charge is -2.15. The molecule has 0 amide bonds. The van der Waals surface area contributed by atoms with Crippen molar-refractivity contribution < 1.29 is 14.2 Å². The van der Waals surface area contributed by atoms with E-state index in [2.05, 4.69) is 25.0 Å². The Balaban J connectivity index is 2.05. The monoisotopic (exact) mass is 279 g/mol. The van der Waals surface area contributed by atoms with Gasteiger partial charge in [0.25, 0.3) is 0 Å². The Morgan fingerprint density at radius 2 is 2.40 bits per heavy atom. The van der Waals surface area contributed by atoms with Crippen LogP contribution >= 0.6 is 0 Å². The lowest BCUT2D eigenvalue weighted by Crippen LogP contribution is -2.16. The standard InChI is InChI=1S/C10H10FN7O2/c11-6-1-5(2-19)20-10(6)18-4-15-7-8(16-17-12)13-3-14-9(7)18/h3-6,10,19H,1-2H2/t5-,6-,10?/m0/s1. The number of hydrogen-bond acceptors (Lipinski definition) is 6. The van der Waals surface area contributed by atoms with Crippen LogP contribution in [0.5, 0.6) is 0 Å². The zero-order valence-electron chi connectivity index (χ0n) is 10.2. The molecule has 0 bridgehead atoms. The van der Waals surface area contributed by atoms with Gasteiger partial charge in [-0.1, -0.05) is 0 Å². The lowest BCUT2D eigenvalue weighted by molar-refractivity contribution is -0.0351. The van der Waals surface area contributed by atoms with Crippen molar-refractivity contribution in [1.82, 2.24) is 19.5 Å². The number of alkyl halides is 1. The van der Waals surface area contributed by atoms with E-state index in [0.717, 1.165) is 0 Å². The van der Waals surface area contributed by atoms with Crippen LogP contribution in [0.25, 0.3) is 21.6 Å². The first-order valence-electron chi connectivity index (χ1n) is 5.87. The highest BCUT2D eigenvalue weighted by Gasteiger charge is 2.37. The Morgan fingerprint density at radius 1 is 1.55 bits per heavy atom. The van der Waals surface area contributed by atoms with Crippen molar-refractivity contribution in [3.63, 3.8) is 0 Å². The molecule has 1 aliphatic heterocycles. The molecule has 1 fully saturated rings. The summed E-state index contributed by atoms with van der Waals surface area (Å²) in [6.07, 6.45) is -0.0720. The van der Waals surface area contributed by atoms with Gasteiger partial charge < -0.3 is 9.84 Å². The highest BCUT2D eigenvalue weighted by atomic mass is 19.1. The molecule has 1 unspecified atom stereocenters. The third-order valence-corrected chi connectivity index (χ3v) is 3.09. The molecular weight excluding hydrogens is 269 g/mol. The molecule has 0 saturated carbocycles. The van der Waals surface area contributed by atoms with Gasteiger partial charge in [0.2, 0.25) is 0 Å². The van der Waals surface area contributed by atoms with Crippen molar-refractivity contribution in [2.45, 2.75) is 24.9 Å². The van der Waals surface area contributed by atoms with Gasteiger partial charge in [0.1, 0.15) is 18.0 Å². The average molecular weight is 279 g/mol. The van der Waals surface area contributed by atoms with Crippen LogP contribution in [0.15, 0.2) is 17.8 Å². The maximum absolute atomic E-state index is 14.0. The Kier molecular flexibility index (Phi) is 3.18. The predicted molar refractivity (Wildman–Crippen MR) is 64.6 cm³/mol. The maximum Gasteiger partial charge on any atom is 0.168 e. The van der Waals surface area contributed by atoms with Crippen molar-refractivity contribution in [2.24, 2.45) is 5.11 Å². The van der Waals surface area contributed by atoms with E-state index < -0.39 is 18.5 Å². The zero-order valence-corrected chi connectivity index (χ0v) is 10.2. The number of imidazole rings is 1. The second kappa shape index (κ2) is 5.00. The van der Waals surface area contributed by atoms with E-state index in [0.29, 0.717) is 5.65 Å². The maximum atomic E-state index is 14.0. The number of halogens is 1. The quantitative estimate of drug-likeness (QED) is 0.516. The van der Waals surface area contributed by atoms with Gasteiger partial charge in [0.05, 0.1) is 19.0 Å². The predicted octanol–water partition coefficient (Wildman–Crippen LogP) is 1.39. The minimum atomic E-state index is -1.28. The molecule has 0 aliphatic carbocycles. The summed E-state index contributed by atoms with van der Waals surface area (Å²) in [6, 6.07) is 0. The number of ether oxygens (including phenoxy) is 1. The Labute approximate surface area is 111 Å². The van der Waals surface area contributed by atoms with E-state index in [9.17, 15) is 4.39 Å². The molecule has 2 aromatic heterocycles. The number of azide groups is 1. The van der Waals surface area contributed by atoms with E-state index in [-0.39, 0.29) is 24.4 Å². The number of aliphatic hydroxyl groups is 1.